The van der Waals surface area contributed by atoms with Gasteiger partial charge in [-0.2, -0.15) is 5.10 Å². The highest BCUT2D eigenvalue weighted by atomic mass is 35.5. The SMILES string of the molecule is CC(C)(C)c1nn2nc(-c3ccc(CS(C)(=O)=O)cc3)[nH]c2c1Cl. The second-order valence-electron chi connectivity index (χ2n) is 6.99. The Kier molecular flexibility index (Phi) is 3.96. The molecule has 24 heavy (non-hydrogen) atoms. The Morgan fingerprint density at radius 3 is 2.29 bits per heavy atom. The first kappa shape index (κ1) is 17.0. The summed E-state index contributed by atoms with van der Waals surface area (Å²) < 4.78 is 24.2. The van der Waals surface area contributed by atoms with Crippen molar-refractivity contribution >= 4 is 27.1 Å². The van der Waals surface area contributed by atoms with Gasteiger partial charge in [0.05, 0.1) is 11.4 Å². The van der Waals surface area contributed by atoms with E-state index < -0.39 is 9.84 Å². The van der Waals surface area contributed by atoms with Crippen LogP contribution in [0, 0.1) is 0 Å². The van der Waals surface area contributed by atoms with Gasteiger partial charge in [0, 0.05) is 17.2 Å². The Hall–Kier alpha value is -1.86. The number of H-pyrrole nitrogens is 1. The number of rotatable bonds is 3. The third kappa shape index (κ3) is 3.32. The predicted octanol–water partition coefficient (Wildman–Crippen LogP) is 3.22. The topological polar surface area (TPSA) is 80.1 Å². The lowest BCUT2D eigenvalue weighted by Gasteiger charge is -2.14. The van der Waals surface area contributed by atoms with Gasteiger partial charge < -0.3 is 4.98 Å². The van der Waals surface area contributed by atoms with Gasteiger partial charge in [-0.3, -0.25) is 0 Å². The zero-order valence-electron chi connectivity index (χ0n) is 14.0. The molecular weight excluding hydrogens is 348 g/mol. The predicted molar refractivity (Wildman–Crippen MR) is 95.0 cm³/mol. The monoisotopic (exact) mass is 366 g/mol. The Morgan fingerprint density at radius 1 is 1.17 bits per heavy atom. The second kappa shape index (κ2) is 5.60. The summed E-state index contributed by atoms with van der Waals surface area (Å²) in [6.45, 7) is 6.13. The van der Waals surface area contributed by atoms with Crippen LogP contribution in [0.2, 0.25) is 5.02 Å². The van der Waals surface area contributed by atoms with Crippen molar-refractivity contribution in [3.05, 3.63) is 40.5 Å². The van der Waals surface area contributed by atoms with Crippen molar-refractivity contribution < 1.29 is 8.42 Å². The molecule has 0 bridgehead atoms. The highest BCUT2D eigenvalue weighted by molar-refractivity contribution is 7.89. The normalized spacial score (nSPS) is 12.9. The maximum absolute atomic E-state index is 11.3. The fraction of sp³-hybridized carbons (Fsp3) is 0.375. The fourth-order valence-corrected chi connectivity index (χ4v) is 3.71. The summed E-state index contributed by atoms with van der Waals surface area (Å²) in [4.78, 5) is 3.18. The molecule has 0 unspecified atom stereocenters. The van der Waals surface area contributed by atoms with Crippen LogP contribution in [-0.2, 0) is 21.0 Å². The van der Waals surface area contributed by atoms with E-state index >= 15 is 0 Å². The van der Waals surface area contributed by atoms with Crippen molar-refractivity contribution in [3.63, 3.8) is 0 Å². The van der Waals surface area contributed by atoms with Crippen LogP contribution in [-0.4, -0.2) is 34.5 Å². The van der Waals surface area contributed by atoms with Crippen LogP contribution in [0.25, 0.3) is 17.0 Å². The smallest absolute Gasteiger partial charge is 0.175 e. The van der Waals surface area contributed by atoms with Crippen molar-refractivity contribution in [2.24, 2.45) is 0 Å². The number of benzene rings is 1. The van der Waals surface area contributed by atoms with Crippen molar-refractivity contribution in [3.8, 4) is 11.4 Å². The molecule has 1 N–H and O–H groups in total. The molecule has 0 saturated carbocycles. The molecule has 0 aliphatic heterocycles. The summed E-state index contributed by atoms with van der Waals surface area (Å²) in [5.74, 6) is 0.654. The van der Waals surface area contributed by atoms with E-state index in [9.17, 15) is 8.42 Å². The minimum atomic E-state index is -3.05. The van der Waals surface area contributed by atoms with Crippen molar-refractivity contribution in [2.45, 2.75) is 31.9 Å². The van der Waals surface area contributed by atoms with Gasteiger partial charge in [0.25, 0.3) is 0 Å². The molecule has 0 spiro atoms. The third-order valence-electron chi connectivity index (χ3n) is 3.61. The molecule has 0 aliphatic carbocycles. The zero-order chi connectivity index (χ0) is 17.7. The molecule has 128 valence electrons. The first-order chi connectivity index (χ1) is 11.0. The number of sulfone groups is 1. The molecule has 2 heterocycles. The number of nitrogens with one attached hydrogen (secondary N) is 1. The van der Waals surface area contributed by atoms with Crippen LogP contribution < -0.4 is 0 Å². The van der Waals surface area contributed by atoms with Crippen LogP contribution in [0.1, 0.15) is 32.0 Å². The van der Waals surface area contributed by atoms with E-state index in [1.807, 2.05) is 32.9 Å². The van der Waals surface area contributed by atoms with Crippen molar-refractivity contribution in [1.82, 2.24) is 19.8 Å². The Morgan fingerprint density at radius 2 is 1.79 bits per heavy atom. The van der Waals surface area contributed by atoms with Gasteiger partial charge in [0.15, 0.2) is 21.3 Å². The van der Waals surface area contributed by atoms with E-state index in [1.165, 1.54) is 10.9 Å². The Labute approximate surface area is 145 Å². The maximum atomic E-state index is 11.3. The molecular formula is C16H19ClN4O2S. The summed E-state index contributed by atoms with van der Waals surface area (Å²) in [5.41, 5.74) is 2.85. The molecule has 0 amide bonds. The van der Waals surface area contributed by atoms with Gasteiger partial charge in [-0.1, -0.05) is 56.6 Å². The van der Waals surface area contributed by atoms with Gasteiger partial charge >= 0.3 is 0 Å². The van der Waals surface area contributed by atoms with E-state index in [4.69, 9.17) is 11.6 Å². The molecule has 3 rings (SSSR count). The summed E-state index contributed by atoms with van der Waals surface area (Å²) in [6, 6.07) is 7.22. The van der Waals surface area contributed by atoms with Gasteiger partial charge in [-0.05, 0) is 5.56 Å². The quantitative estimate of drug-likeness (QED) is 0.771. The van der Waals surface area contributed by atoms with Crippen LogP contribution in [0.15, 0.2) is 24.3 Å². The summed E-state index contributed by atoms with van der Waals surface area (Å²) in [7, 11) is -3.05. The molecule has 8 heteroatoms. The molecule has 0 radical (unpaired) electrons. The number of aromatic nitrogens is 4. The molecule has 0 atom stereocenters. The Balaban J connectivity index is 1.96. The lowest BCUT2D eigenvalue weighted by Crippen LogP contribution is -2.12. The van der Waals surface area contributed by atoms with E-state index in [0.29, 0.717) is 16.5 Å². The standard InChI is InChI=1S/C16H19ClN4O2S/c1-16(2,3)13-12(17)15-18-14(20-21(15)19-13)11-7-5-10(6-8-11)9-24(4,22)23/h5-8H,9H2,1-4H3,(H,18,20). The zero-order valence-corrected chi connectivity index (χ0v) is 15.5. The van der Waals surface area contributed by atoms with Crippen LogP contribution in [0.4, 0.5) is 0 Å². The first-order valence-electron chi connectivity index (χ1n) is 7.46. The molecule has 3 aromatic rings. The first-order valence-corrected chi connectivity index (χ1v) is 9.90. The molecule has 2 aromatic heterocycles. The molecule has 0 saturated heterocycles. The summed E-state index contributed by atoms with van der Waals surface area (Å²) in [6.07, 6.45) is 1.22. The van der Waals surface area contributed by atoms with Crippen LogP contribution >= 0.6 is 11.6 Å². The average Bonchev–Trinajstić information content (AvgIpc) is 2.97. The number of halogens is 1. The molecule has 1 aromatic carbocycles. The van der Waals surface area contributed by atoms with E-state index in [2.05, 4.69) is 15.2 Å². The number of aromatic amines is 1. The summed E-state index contributed by atoms with van der Waals surface area (Å²) in [5, 5.41) is 9.45. The van der Waals surface area contributed by atoms with Gasteiger partial charge in [0.2, 0.25) is 0 Å². The third-order valence-corrected chi connectivity index (χ3v) is 4.82. The second-order valence-corrected chi connectivity index (χ2v) is 9.51. The maximum Gasteiger partial charge on any atom is 0.175 e. The molecule has 0 fully saturated rings. The van der Waals surface area contributed by atoms with E-state index in [-0.39, 0.29) is 11.2 Å². The van der Waals surface area contributed by atoms with Gasteiger partial charge in [-0.15, -0.1) is 9.73 Å². The number of hydrogen-bond acceptors (Lipinski definition) is 4. The minimum Gasteiger partial charge on any atom is -0.320 e. The number of hydrogen-bond donors (Lipinski definition) is 1. The fourth-order valence-electron chi connectivity index (χ4n) is 2.47. The van der Waals surface area contributed by atoms with Crippen molar-refractivity contribution in [1.29, 1.82) is 0 Å². The molecule has 6 nitrogen and oxygen atoms in total. The van der Waals surface area contributed by atoms with Gasteiger partial charge in [0.1, 0.15) is 5.02 Å². The average molecular weight is 367 g/mol. The van der Waals surface area contributed by atoms with Gasteiger partial charge in [-0.25, -0.2) is 8.42 Å². The number of nitrogens with zero attached hydrogens (tertiary/aromatic N) is 3. The van der Waals surface area contributed by atoms with Crippen molar-refractivity contribution in [2.75, 3.05) is 6.26 Å². The highest BCUT2D eigenvalue weighted by Crippen LogP contribution is 2.31. The minimum absolute atomic E-state index is 0.0233. The summed E-state index contributed by atoms with van der Waals surface area (Å²) >= 11 is 6.42. The molecule has 0 aliphatic rings. The lowest BCUT2D eigenvalue weighted by atomic mass is 9.92. The largest absolute Gasteiger partial charge is 0.320 e. The number of fused-ring (bicyclic) bond motifs is 1. The van der Waals surface area contributed by atoms with E-state index in [1.54, 1.807) is 12.1 Å². The van der Waals surface area contributed by atoms with E-state index in [0.717, 1.165) is 16.8 Å². The highest BCUT2D eigenvalue weighted by Gasteiger charge is 2.25. The van der Waals surface area contributed by atoms with Crippen LogP contribution in [0.5, 0.6) is 0 Å². The lowest BCUT2D eigenvalue weighted by molar-refractivity contribution is 0.557. The Bertz CT molecular complexity index is 995. The van der Waals surface area contributed by atoms with Crippen LogP contribution in [0.3, 0.4) is 0 Å².